The summed E-state index contributed by atoms with van der Waals surface area (Å²) in [4.78, 5) is 25.2. The molecule has 0 aromatic rings. The average molecular weight is 210 g/mol. The lowest BCUT2D eigenvalue weighted by atomic mass is 9.96. The summed E-state index contributed by atoms with van der Waals surface area (Å²) in [5.41, 5.74) is -0.480. The van der Waals surface area contributed by atoms with Gasteiger partial charge in [-0.05, 0) is 19.3 Å². The third-order valence-corrected chi connectivity index (χ3v) is 3.57. The predicted octanol–water partition coefficient (Wildman–Crippen LogP) is 1.65. The number of amides is 3. The zero-order valence-corrected chi connectivity index (χ0v) is 9.21. The van der Waals surface area contributed by atoms with E-state index in [2.05, 4.69) is 12.2 Å². The van der Waals surface area contributed by atoms with Gasteiger partial charge in [-0.15, -0.1) is 0 Å². The van der Waals surface area contributed by atoms with Crippen molar-refractivity contribution in [1.82, 2.24) is 10.2 Å². The number of unbranched alkanes of at least 4 members (excludes halogenated alkanes) is 1. The number of carbonyl (C=O) groups is 2. The van der Waals surface area contributed by atoms with Crippen molar-refractivity contribution in [2.75, 3.05) is 6.54 Å². The highest BCUT2D eigenvalue weighted by atomic mass is 16.2. The van der Waals surface area contributed by atoms with Gasteiger partial charge in [-0.3, -0.25) is 10.1 Å². The van der Waals surface area contributed by atoms with Crippen molar-refractivity contribution < 1.29 is 9.59 Å². The van der Waals surface area contributed by atoms with Crippen LogP contribution in [0.4, 0.5) is 4.79 Å². The normalized spacial score (nSPS) is 23.9. The van der Waals surface area contributed by atoms with Crippen LogP contribution in [0.2, 0.25) is 0 Å². The van der Waals surface area contributed by atoms with Crippen LogP contribution in [0, 0.1) is 0 Å². The first-order chi connectivity index (χ1) is 7.20. The molecule has 0 aromatic heterocycles. The summed E-state index contributed by atoms with van der Waals surface area (Å²) in [6, 6.07) is -0.185. The number of hydrogen-bond donors (Lipinski definition) is 1. The van der Waals surface area contributed by atoms with E-state index in [0.29, 0.717) is 6.54 Å². The maximum absolute atomic E-state index is 11.8. The molecule has 15 heavy (non-hydrogen) atoms. The van der Waals surface area contributed by atoms with E-state index < -0.39 is 5.54 Å². The van der Waals surface area contributed by atoms with Gasteiger partial charge < -0.3 is 4.90 Å². The molecule has 4 heteroatoms. The second kappa shape index (κ2) is 3.83. The Morgan fingerprint density at radius 2 is 2.00 bits per heavy atom. The molecular formula is C11H18N2O2. The van der Waals surface area contributed by atoms with E-state index in [1.165, 1.54) is 0 Å². The summed E-state index contributed by atoms with van der Waals surface area (Å²) >= 11 is 0. The first-order valence-electron chi connectivity index (χ1n) is 5.84. The summed E-state index contributed by atoms with van der Waals surface area (Å²) in [7, 11) is 0. The standard InChI is InChI=1S/C11H18N2O2/c1-2-3-8-13-10(15)12-9(14)11(13)6-4-5-7-11/h2-8H2,1H3,(H,12,14,15). The maximum Gasteiger partial charge on any atom is 0.325 e. The Labute approximate surface area is 90.0 Å². The monoisotopic (exact) mass is 210 g/mol. The first-order valence-corrected chi connectivity index (χ1v) is 5.84. The van der Waals surface area contributed by atoms with Crippen molar-refractivity contribution in [2.45, 2.75) is 51.0 Å². The average Bonchev–Trinajstić information content (AvgIpc) is 2.75. The number of imide groups is 1. The van der Waals surface area contributed by atoms with E-state index in [1.807, 2.05) is 0 Å². The molecule has 1 N–H and O–H groups in total. The van der Waals surface area contributed by atoms with Crippen molar-refractivity contribution in [3.8, 4) is 0 Å². The summed E-state index contributed by atoms with van der Waals surface area (Å²) in [5.74, 6) is -0.0684. The Morgan fingerprint density at radius 3 is 2.60 bits per heavy atom. The molecule has 1 aliphatic heterocycles. The summed E-state index contributed by atoms with van der Waals surface area (Å²) in [5, 5.41) is 2.46. The highest BCUT2D eigenvalue weighted by molar-refractivity contribution is 6.07. The van der Waals surface area contributed by atoms with Crippen LogP contribution in [0.3, 0.4) is 0 Å². The molecule has 2 rings (SSSR count). The molecule has 0 radical (unpaired) electrons. The predicted molar refractivity (Wildman–Crippen MR) is 56.4 cm³/mol. The highest BCUT2D eigenvalue weighted by Gasteiger charge is 2.53. The van der Waals surface area contributed by atoms with Gasteiger partial charge >= 0.3 is 6.03 Å². The van der Waals surface area contributed by atoms with Crippen LogP contribution in [0.25, 0.3) is 0 Å². The number of carbonyl (C=O) groups excluding carboxylic acids is 2. The summed E-state index contributed by atoms with van der Waals surface area (Å²) in [6.07, 6.45) is 5.83. The van der Waals surface area contributed by atoms with Gasteiger partial charge in [0.25, 0.3) is 5.91 Å². The molecule has 1 heterocycles. The molecule has 4 nitrogen and oxygen atoms in total. The van der Waals surface area contributed by atoms with Crippen LogP contribution >= 0.6 is 0 Å². The van der Waals surface area contributed by atoms with Crippen molar-refractivity contribution in [2.24, 2.45) is 0 Å². The summed E-state index contributed by atoms with van der Waals surface area (Å²) in [6.45, 7) is 2.81. The molecule has 0 bridgehead atoms. The molecule has 1 saturated heterocycles. The number of nitrogens with zero attached hydrogens (tertiary/aromatic N) is 1. The Kier molecular flexibility index (Phi) is 2.67. The molecule has 0 atom stereocenters. The molecule has 2 aliphatic rings. The van der Waals surface area contributed by atoms with Gasteiger partial charge in [0.1, 0.15) is 5.54 Å². The molecule has 1 saturated carbocycles. The number of hydrogen-bond acceptors (Lipinski definition) is 2. The van der Waals surface area contributed by atoms with E-state index in [-0.39, 0.29) is 11.9 Å². The fourth-order valence-corrected chi connectivity index (χ4v) is 2.69. The highest BCUT2D eigenvalue weighted by Crippen LogP contribution is 2.38. The molecule has 0 unspecified atom stereocenters. The van der Waals surface area contributed by atoms with Crippen molar-refractivity contribution in [3.05, 3.63) is 0 Å². The summed E-state index contributed by atoms with van der Waals surface area (Å²) < 4.78 is 0. The van der Waals surface area contributed by atoms with Crippen molar-refractivity contribution in [3.63, 3.8) is 0 Å². The SMILES string of the molecule is CCCCN1C(=O)NC(=O)C12CCCC2. The largest absolute Gasteiger partial charge is 0.325 e. The van der Waals surface area contributed by atoms with Crippen LogP contribution in [0.5, 0.6) is 0 Å². The molecule has 84 valence electrons. The zero-order chi connectivity index (χ0) is 10.9. The fourth-order valence-electron chi connectivity index (χ4n) is 2.69. The zero-order valence-electron chi connectivity index (χ0n) is 9.21. The van der Waals surface area contributed by atoms with Gasteiger partial charge in [-0.25, -0.2) is 4.79 Å². The molecule has 1 aliphatic carbocycles. The second-order valence-electron chi connectivity index (χ2n) is 4.50. The van der Waals surface area contributed by atoms with Gasteiger partial charge in [0.2, 0.25) is 0 Å². The minimum Gasteiger partial charge on any atom is -0.310 e. The smallest absolute Gasteiger partial charge is 0.310 e. The number of rotatable bonds is 3. The third-order valence-electron chi connectivity index (χ3n) is 3.57. The second-order valence-corrected chi connectivity index (χ2v) is 4.50. The van der Waals surface area contributed by atoms with E-state index in [1.54, 1.807) is 4.90 Å². The third kappa shape index (κ3) is 1.52. The van der Waals surface area contributed by atoms with E-state index in [0.717, 1.165) is 38.5 Å². The Bertz CT molecular complexity index is 282. The molecule has 1 spiro atoms. The number of urea groups is 1. The Hall–Kier alpha value is -1.06. The lowest BCUT2D eigenvalue weighted by Crippen LogP contribution is -2.47. The minimum absolute atomic E-state index is 0.0684. The molecule has 3 amide bonds. The van der Waals surface area contributed by atoms with Gasteiger partial charge in [0.05, 0.1) is 0 Å². The van der Waals surface area contributed by atoms with E-state index in [9.17, 15) is 9.59 Å². The Balaban J connectivity index is 2.17. The molecule has 0 aromatic carbocycles. The van der Waals surface area contributed by atoms with Crippen LogP contribution in [0.1, 0.15) is 45.4 Å². The topological polar surface area (TPSA) is 49.4 Å². The number of nitrogens with one attached hydrogen (secondary N) is 1. The lowest BCUT2D eigenvalue weighted by Gasteiger charge is -2.31. The van der Waals surface area contributed by atoms with E-state index in [4.69, 9.17) is 0 Å². The first kappa shape index (κ1) is 10.5. The molecular weight excluding hydrogens is 192 g/mol. The van der Waals surface area contributed by atoms with Crippen LogP contribution in [-0.4, -0.2) is 28.9 Å². The van der Waals surface area contributed by atoms with Crippen LogP contribution < -0.4 is 5.32 Å². The quantitative estimate of drug-likeness (QED) is 0.720. The maximum atomic E-state index is 11.8. The van der Waals surface area contributed by atoms with Gasteiger partial charge in [-0.1, -0.05) is 26.2 Å². The van der Waals surface area contributed by atoms with E-state index >= 15 is 0 Å². The van der Waals surface area contributed by atoms with Crippen LogP contribution in [-0.2, 0) is 4.79 Å². The Morgan fingerprint density at radius 1 is 1.33 bits per heavy atom. The van der Waals surface area contributed by atoms with Gasteiger partial charge in [0, 0.05) is 6.54 Å². The van der Waals surface area contributed by atoms with Gasteiger partial charge in [0.15, 0.2) is 0 Å². The van der Waals surface area contributed by atoms with Gasteiger partial charge in [-0.2, -0.15) is 0 Å². The fraction of sp³-hybridized carbons (Fsp3) is 0.818. The minimum atomic E-state index is -0.480. The van der Waals surface area contributed by atoms with Crippen molar-refractivity contribution >= 4 is 11.9 Å². The lowest BCUT2D eigenvalue weighted by molar-refractivity contribution is -0.126. The van der Waals surface area contributed by atoms with Crippen molar-refractivity contribution in [1.29, 1.82) is 0 Å². The van der Waals surface area contributed by atoms with Crippen LogP contribution in [0.15, 0.2) is 0 Å². The molecule has 2 fully saturated rings.